The van der Waals surface area contributed by atoms with E-state index in [1.165, 1.54) is 0 Å². The predicted molar refractivity (Wildman–Crippen MR) is 93.3 cm³/mol. The van der Waals surface area contributed by atoms with Crippen LogP contribution in [0.5, 0.6) is 0 Å². The number of halogens is 1. The van der Waals surface area contributed by atoms with Crippen molar-refractivity contribution in [2.24, 2.45) is 0 Å². The summed E-state index contributed by atoms with van der Waals surface area (Å²) in [7, 11) is 0. The zero-order chi connectivity index (χ0) is 17.5. The average molecular weight is 390 g/mol. The zero-order valence-electron chi connectivity index (χ0n) is 12.9. The fraction of sp³-hybridized carbons (Fsp3) is 0.118. The van der Waals surface area contributed by atoms with E-state index in [1.807, 2.05) is 6.92 Å². The van der Waals surface area contributed by atoms with E-state index in [2.05, 4.69) is 32.1 Å². The Hall–Kier alpha value is -2.67. The van der Waals surface area contributed by atoms with Gasteiger partial charge in [-0.15, -0.1) is 0 Å². The van der Waals surface area contributed by atoms with E-state index in [9.17, 15) is 14.4 Å². The Kier molecular flexibility index (Phi) is 6.08. The van der Waals surface area contributed by atoms with Crippen LogP contribution in [0, 0.1) is 6.92 Å². The third-order valence-corrected chi connectivity index (χ3v) is 3.67. The molecule has 0 heterocycles. The van der Waals surface area contributed by atoms with Gasteiger partial charge in [0.25, 0.3) is 17.7 Å². The van der Waals surface area contributed by atoms with Crippen molar-refractivity contribution in [3.63, 3.8) is 0 Å². The summed E-state index contributed by atoms with van der Waals surface area (Å²) in [4.78, 5) is 35.4. The quantitative estimate of drug-likeness (QED) is 0.698. The fourth-order valence-corrected chi connectivity index (χ4v) is 2.08. The van der Waals surface area contributed by atoms with Crippen molar-refractivity contribution in [3.8, 4) is 0 Å². The van der Waals surface area contributed by atoms with Gasteiger partial charge in [0.05, 0.1) is 6.54 Å². The van der Waals surface area contributed by atoms with Crippen LogP contribution in [-0.4, -0.2) is 24.3 Å². The molecular weight excluding hydrogens is 374 g/mol. The SMILES string of the molecule is Cc1ccc(C(=O)NNC(=O)CNC(=O)c2ccc(Br)cc2)cc1. The molecule has 2 rings (SSSR count). The molecule has 0 radical (unpaired) electrons. The monoisotopic (exact) mass is 389 g/mol. The van der Waals surface area contributed by atoms with Gasteiger partial charge < -0.3 is 5.32 Å². The first-order valence-corrected chi connectivity index (χ1v) is 7.94. The highest BCUT2D eigenvalue weighted by Gasteiger charge is 2.09. The van der Waals surface area contributed by atoms with Gasteiger partial charge in [0, 0.05) is 15.6 Å². The summed E-state index contributed by atoms with van der Waals surface area (Å²) >= 11 is 3.28. The number of rotatable bonds is 4. The van der Waals surface area contributed by atoms with Gasteiger partial charge in [0.1, 0.15) is 0 Å². The van der Waals surface area contributed by atoms with Gasteiger partial charge in [-0.25, -0.2) is 0 Å². The van der Waals surface area contributed by atoms with Crippen molar-refractivity contribution in [1.29, 1.82) is 0 Å². The largest absolute Gasteiger partial charge is 0.343 e. The van der Waals surface area contributed by atoms with Crippen molar-refractivity contribution >= 4 is 33.7 Å². The van der Waals surface area contributed by atoms with Crippen LogP contribution < -0.4 is 16.2 Å². The Morgan fingerprint density at radius 1 is 0.833 bits per heavy atom. The van der Waals surface area contributed by atoms with Gasteiger partial charge in [-0.05, 0) is 43.3 Å². The van der Waals surface area contributed by atoms with Crippen LogP contribution in [0.4, 0.5) is 0 Å². The van der Waals surface area contributed by atoms with Gasteiger partial charge >= 0.3 is 0 Å². The van der Waals surface area contributed by atoms with Crippen LogP contribution in [0.2, 0.25) is 0 Å². The minimum Gasteiger partial charge on any atom is -0.343 e. The van der Waals surface area contributed by atoms with E-state index in [1.54, 1.807) is 48.5 Å². The molecule has 0 aliphatic rings. The number of amides is 3. The molecule has 0 spiro atoms. The second kappa shape index (κ2) is 8.26. The average Bonchev–Trinajstić information content (AvgIpc) is 2.58. The highest BCUT2D eigenvalue weighted by Crippen LogP contribution is 2.10. The number of hydrogen-bond donors (Lipinski definition) is 3. The molecule has 0 saturated heterocycles. The van der Waals surface area contributed by atoms with E-state index in [0.29, 0.717) is 11.1 Å². The summed E-state index contributed by atoms with van der Waals surface area (Å²) in [5.74, 6) is -1.33. The highest BCUT2D eigenvalue weighted by atomic mass is 79.9. The predicted octanol–water partition coefficient (Wildman–Crippen LogP) is 1.95. The fourth-order valence-electron chi connectivity index (χ4n) is 1.81. The molecule has 0 aliphatic carbocycles. The first-order chi connectivity index (χ1) is 11.5. The van der Waals surface area contributed by atoms with Crippen molar-refractivity contribution < 1.29 is 14.4 Å². The Bertz CT molecular complexity index is 679. The van der Waals surface area contributed by atoms with E-state index < -0.39 is 11.8 Å². The molecule has 0 aliphatic heterocycles. The second-order valence-electron chi connectivity index (χ2n) is 5.06. The Morgan fingerprint density at radius 2 is 1.38 bits per heavy atom. The number of nitrogens with one attached hydrogen (secondary N) is 3. The molecule has 0 atom stereocenters. The number of aryl methyl sites for hydroxylation is 1. The maximum Gasteiger partial charge on any atom is 0.269 e. The van der Waals surface area contributed by atoms with Crippen LogP contribution in [0.25, 0.3) is 0 Å². The number of hydrogen-bond acceptors (Lipinski definition) is 3. The van der Waals surface area contributed by atoms with E-state index in [4.69, 9.17) is 0 Å². The third-order valence-electron chi connectivity index (χ3n) is 3.15. The topological polar surface area (TPSA) is 87.3 Å². The first kappa shape index (κ1) is 17.7. The van der Waals surface area contributed by atoms with Gasteiger partial charge in [0.2, 0.25) is 0 Å². The van der Waals surface area contributed by atoms with Crippen LogP contribution in [0.3, 0.4) is 0 Å². The van der Waals surface area contributed by atoms with Gasteiger partial charge in [-0.2, -0.15) is 0 Å². The molecule has 2 aromatic carbocycles. The minimum absolute atomic E-state index is 0.247. The lowest BCUT2D eigenvalue weighted by Gasteiger charge is -2.09. The van der Waals surface area contributed by atoms with Crippen LogP contribution >= 0.6 is 15.9 Å². The summed E-state index contributed by atoms with van der Waals surface area (Å²) in [5.41, 5.74) is 6.45. The van der Waals surface area contributed by atoms with E-state index >= 15 is 0 Å². The van der Waals surface area contributed by atoms with Crippen molar-refractivity contribution in [2.45, 2.75) is 6.92 Å². The van der Waals surface area contributed by atoms with Crippen molar-refractivity contribution in [1.82, 2.24) is 16.2 Å². The molecule has 6 nitrogen and oxygen atoms in total. The smallest absolute Gasteiger partial charge is 0.269 e. The van der Waals surface area contributed by atoms with Crippen molar-refractivity contribution in [2.75, 3.05) is 6.54 Å². The van der Waals surface area contributed by atoms with Crippen LogP contribution in [0.1, 0.15) is 26.3 Å². The van der Waals surface area contributed by atoms with Gasteiger partial charge in [-0.1, -0.05) is 33.6 Å². The third kappa shape index (κ3) is 5.20. The Labute approximate surface area is 147 Å². The molecule has 7 heteroatoms. The number of hydrazine groups is 1. The molecule has 24 heavy (non-hydrogen) atoms. The molecule has 0 bridgehead atoms. The van der Waals surface area contributed by atoms with Crippen LogP contribution in [0.15, 0.2) is 53.0 Å². The number of carbonyl (C=O) groups excluding carboxylic acids is 3. The second-order valence-corrected chi connectivity index (χ2v) is 5.97. The summed E-state index contributed by atoms with van der Waals surface area (Å²) in [6.45, 7) is 1.67. The lowest BCUT2D eigenvalue weighted by molar-refractivity contribution is -0.120. The molecule has 0 unspecified atom stereocenters. The normalized spacial score (nSPS) is 9.92. The van der Waals surface area contributed by atoms with Gasteiger partial charge in [-0.3, -0.25) is 25.2 Å². The first-order valence-electron chi connectivity index (χ1n) is 7.15. The standard InChI is InChI=1S/C17H16BrN3O3/c1-11-2-4-13(5-3-11)17(24)21-20-15(22)10-19-16(23)12-6-8-14(18)9-7-12/h2-9H,10H2,1H3,(H,19,23)(H,20,22)(H,21,24). The molecular formula is C17H16BrN3O3. The highest BCUT2D eigenvalue weighted by molar-refractivity contribution is 9.10. The summed E-state index contributed by atoms with van der Waals surface area (Å²) in [6, 6.07) is 13.7. The molecule has 0 fully saturated rings. The van der Waals surface area contributed by atoms with E-state index in [0.717, 1.165) is 10.0 Å². The van der Waals surface area contributed by atoms with Crippen LogP contribution in [-0.2, 0) is 4.79 Å². The summed E-state index contributed by atoms with van der Waals surface area (Å²) < 4.78 is 0.857. The molecule has 3 amide bonds. The minimum atomic E-state index is -0.527. The zero-order valence-corrected chi connectivity index (χ0v) is 14.5. The van der Waals surface area contributed by atoms with Crippen molar-refractivity contribution in [3.05, 3.63) is 69.7 Å². The summed E-state index contributed by atoms with van der Waals surface area (Å²) in [5, 5.41) is 2.47. The maximum absolute atomic E-state index is 11.9. The molecule has 124 valence electrons. The van der Waals surface area contributed by atoms with Gasteiger partial charge in [0.15, 0.2) is 0 Å². The molecule has 2 aromatic rings. The number of carbonyl (C=O) groups is 3. The Balaban J connectivity index is 1.77. The molecule has 0 aromatic heterocycles. The number of benzene rings is 2. The summed E-state index contributed by atoms with van der Waals surface area (Å²) in [6.07, 6.45) is 0. The molecule has 3 N–H and O–H groups in total. The lowest BCUT2D eigenvalue weighted by Crippen LogP contribution is -2.46. The Morgan fingerprint density at radius 3 is 2.00 bits per heavy atom. The van der Waals surface area contributed by atoms with E-state index in [-0.39, 0.29) is 12.5 Å². The lowest BCUT2D eigenvalue weighted by atomic mass is 10.1. The maximum atomic E-state index is 11.9. The molecule has 0 saturated carbocycles.